The number of aryl methyl sites for hydroxylation is 2. The van der Waals surface area contributed by atoms with Gasteiger partial charge in [0.25, 0.3) is 0 Å². The summed E-state index contributed by atoms with van der Waals surface area (Å²) in [5.74, 6) is 0.752. The zero-order valence-corrected chi connectivity index (χ0v) is 18.0. The van der Waals surface area contributed by atoms with Crippen molar-refractivity contribution in [2.75, 3.05) is 6.61 Å². The molecule has 0 unspecified atom stereocenters. The standard InChI is InChI=1S/C23H20BrNO2S/c1-15-23(28-14-25-15)20-18-11-10-17(13-19(18)22(26)21(20)24)27-12-6-5-9-16-7-3-2-4-8-16/h2-4,7-8,10-11,13-14H,5-6,9,12H2,1H3. The zero-order valence-electron chi connectivity index (χ0n) is 15.6. The number of fused-ring (bicyclic) bond motifs is 1. The van der Waals surface area contributed by atoms with Crippen LogP contribution in [0.2, 0.25) is 0 Å². The number of Topliss-reactive ketones (excluding diaryl/α,β-unsaturated/α-hetero) is 1. The third-order valence-corrected chi connectivity index (χ3v) is 6.57. The quantitative estimate of drug-likeness (QED) is 0.399. The molecular weight excluding hydrogens is 434 g/mol. The summed E-state index contributed by atoms with van der Waals surface area (Å²) in [6.45, 7) is 2.61. The molecular formula is C23H20BrNO2S. The first-order valence-corrected chi connectivity index (χ1v) is 11.0. The molecule has 3 aromatic rings. The molecule has 2 aromatic carbocycles. The molecule has 0 N–H and O–H groups in total. The summed E-state index contributed by atoms with van der Waals surface area (Å²) in [6, 6.07) is 16.3. The lowest BCUT2D eigenvalue weighted by Gasteiger charge is -2.09. The van der Waals surface area contributed by atoms with E-state index >= 15 is 0 Å². The van der Waals surface area contributed by atoms with E-state index in [2.05, 4.69) is 45.2 Å². The summed E-state index contributed by atoms with van der Waals surface area (Å²) >= 11 is 5.05. The molecule has 1 heterocycles. The van der Waals surface area contributed by atoms with Gasteiger partial charge in [0.1, 0.15) is 5.75 Å². The van der Waals surface area contributed by atoms with Crippen molar-refractivity contribution >= 4 is 38.6 Å². The van der Waals surface area contributed by atoms with Gasteiger partial charge in [-0.05, 0) is 71.4 Å². The number of aromatic nitrogens is 1. The first kappa shape index (κ1) is 19.1. The molecule has 142 valence electrons. The molecule has 1 aliphatic rings. The molecule has 4 rings (SSSR count). The molecule has 1 aromatic heterocycles. The number of ether oxygens (including phenoxy) is 1. The number of allylic oxidation sites excluding steroid dienone is 1. The smallest absolute Gasteiger partial charge is 0.201 e. The van der Waals surface area contributed by atoms with Gasteiger partial charge in [-0.1, -0.05) is 30.3 Å². The highest BCUT2D eigenvalue weighted by atomic mass is 79.9. The Balaban J connectivity index is 1.40. The highest BCUT2D eigenvalue weighted by molar-refractivity contribution is 9.12. The molecule has 0 amide bonds. The molecule has 0 saturated heterocycles. The van der Waals surface area contributed by atoms with Gasteiger partial charge in [0.2, 0.25) is 5.78 Å². The molecule has 3 nitrogen and oxygen atoms in total. The van der Waals surface area contributed by atoms with E-state index in [1.807, 2.05) is 36.7 Å². The van der Waals surface area contributed by atoms with E-state index in [4.69, 9.17) is 4.74 Å². The molecule has 5 heteroatoms. The number of thiazole rings is 1. The lowest BCUT2D eigenvalue weighted by atomic mass is 10.0. The Morgan fingerprint density at radius 1 is 1.07 bits per heavy atom. The van der Waals surface area contributed by atoms with Crippen LogP contribution >= 0.6 is 27.3 Å². The third kappa shape index (κ3) is 3.82. The molecule has 1 aliphatic carbocycles. The molecule has 0 atom stereocenters. The van der Waals surface area contributed by atoms with Crippen LogP contribution in [0.1, 0.15) is 44.9 Å². The lowest BCUT2D eigenvalue weighted by molar-refractivity contribution is 0.104. The second kappa shape index (κ2) is 8.41. The van der Waals surface area contributed by atoms with Crippen molar-refractivity contribution in [1.29, 1.82) is 0 Å². The van der Waals surface area contributed by atoms with Crippen LogP contribution in [0.3, 0.4) is 0 Å². The van der Waals surface area contributed by atoms with Crippen molar-refractivity contribution in [2.45, 2.75) is 26.2 Å². The highest BCUT2D eigenvalue weighted by Crippen LogP contribution is 2.43. The Labute approximate surface area is 177 Å². The van der Waals surface area contributed by atoms with E-state index in [1.165, 1.54) is 5.56 Å². The van der Waals surface area contributed by atoms with E-state index in [9.17, 15) is 4.79 Å². The summed E-state index contributed by atoms with van der Waals surface area (Å²) in [5, 5.41) is 0. The third-order valence-electron chi connectivity index (χ3n) is 4.87. The number of nitrogens with zero attached hydrogens (tertiary/aromatic N) is 1. The van der Waals surface area contributed by atoms with Crippen LogP contribution in [-0.4, -0.2) is 17.4 Å². The summed E-state index contributed by atoms with van der Waals surface area (Å²) in [5.41, 5.74) is 6.68. The number of unbranched alkanes of at least 4 members (excludes halogenated alkanes) is 1. The molecule has 0 radical (unpaired) electrons. The number of ketones is 1. The number of hydrogen-bond donors (Lipinski definition) is 0. The van der Waals surface area contributed by atoms with Crippen molar-refractivity contribution in [2.24, 2.45) is 0 Å². The molecule has 0 saturated carbocycles. The van der Waals surface area contributed by atoms with Gasteiger partial charge >= 0.3 is 0 Å². The average Bonchev–Trinajstić information content (AvgIpc) is 3.23. The van der Waals surface area contributed by atoms with Gasteiger partial charge in [-0.25, -0.2) is 4.98 Å². The van der Waals surface area contributed by atoms with Crippen LogP contribution in [0.5, 0.6) is 5.75 Å². The fourth-order valence-corrected chi connectivity index (χ4v) is 5.02. The van der Waals surface area contributed by atoms with Crippen LogP contribution in [0.15, 0.2) is 58.5 Å². The number of rotatable bonds is 7. The normalized spacial score (nSPS) is 13.1. The minimum absolute atomic E-state index is 0.00678. The maximum atomic E-state index is 12.7. The molecule has 0 fully saturated rings. The van der Waals surface area contributed by atoms with Crippen molar-refractivity contribution in [3.8, 4) is 5.75 Å². The predicted octanol–water partition coefficient (Wildman–Crippen LogP) is 6.20. The SMILES string of the molecule is Cc1ncsc1C1=C(Br)C(=O)c2cc(OCCCCc3ccccc3)ccc21. The first-order chi connectivity index (χ1) is 13.6. The second-order valence-electron chi connectivity index (χ2n) is 6.78. The van der Waals surface area contributed by atoms with Crippen LogP contribution in [0.25, 0.3) is 5.57 Å². The summed E-state index contributed by atoms with van der Waals surface area (Å²) in [7, 11) is 0. The van der Waals surface area contributed by atoms with Crippen LogP contribution in [0, 0.1) is 6.92 Å². The first-order valence-electron chi connectivity index (χ1n) is 9.31. The Morgan fingerprint density at radius 2 is 1.89 bits per heavy atom. The second-order valence-corrected chi connectivity index (χ2v) is 8.43. The fourth-order valence-electron chi connectivity index (χ4n) is 3.40. The van der Waals surface area contributed by atoms with Gasteiger partial charge in [0, 0.05) is 11.1 Å². The average molecular weight is 454 g/mol. The minimum Gasteiger partial charge on any atom is -0.494 e. The van der Waals surface area contributed by atoms with Crippen LogP contribution in [0.4, 0.5) is 0 Å². The van der Waals surface area contributed by atoms with E-state index < -0.39 is 0 Å². The number of carbonyl (C=O) groups is 1. The highest BCUT2D eigenvalue weighted by Gasteiger charge is 2.31. The van der Waals surface area contributed by atoms with Crippen LogP contribution in [-0.2, 0) is 6.42 Å². The largest absolute Gasteiger partial charge is 0.494 e. The van der Waals surface area contributed by atoms with Gasteiger partial charge in [0.05, 0.1) is 27.2 Å². The molecule has 0 aliphatic heterocycles. The van der Waals surface area contributed by atoms with Gasteiger partial charge in [-0.3, -0.25) is 4.79 Å². The Morgan fingerprint density at radius 3 is 2.64 bits per heavy atom. The fraction of sp³-hybridized carbons (Fsp3) is 0.217. The van der Waals surface area contributed by atoms with Gasteiger partial charge in [0.15, 0.2) is 0 Å². The number of halogens is 1. The summed E-state index contributed by atoms with van der Waals surface area (Å²) in [6.07, 6.45) is 3.12. The maximum Gasteiger partial charge on any atom is 0.201 e. The van der Waals surface area contributed by atoms with Gasteiger partial charge in [-0.15, -0.1) is 11.3 Å². The number of hydrogen-bond acceptors (Lipinski definition) is 4. The minimum atomic E-state index is 0.00678. The topological polar surface area (TPSA) is 39.2 Å². The molecule has 28 heavy (non-hydrogen) atoms. The maximum absolute atomic E-state index is 12.7. The monoisotopic (exact) mass is 453 g/mol. The van der Waals surface area contributed by atoms with Crippen LogP contribution < -0.4 is 4.74 Å². The zero-order chi connectivity index (χ0) is 19.5. The lowest BCUT2D eigenvalue weighted by Crippen LogP contribution is -2.00. The van der Waals surface area contributed by atoms with Gasteiger partial charge in [-0.2, -0.15) is 0 Å². The van der Waals surface area contributed by atoms with Crippen molar-refractivity contribution < 1.29 is 9.53 Å². The number of carbonyl (C=O) groups excluding carboxylic acids is 1. The summed E-state index contributed by atoms with van der Waals surface area (Å²) < 4.78 is 6.51. The molecule has 0 spiro atoms. The molecule has 0 bridgehead atoms. The van der Waals surface area contributed by atoms with E-state index in [0.29, 0.717) is 16.7 Å². The van der Waals surface area contributed by atoms with E-state index in [-0.39, 0.29) is 5.78 Å². The van der Waals surface area contributed by atoms with Gasteiger partial charge < -0.3 is 4.74 Å². The van der Waals surface area contributed by atoms with E-state index in [1.54, 1.807) is 11.3 Å². The van der Waals surface area contributed by atoms with Crippen molar-refractivity contribution in [3.63, 3.8) is 0 Å². The van der Waals surface area contributed by atoms with Crippen molar-refractivity contribution in [1.82, 2.24) is 4.98 Å². The Kier molecular flexibility index (Phi) is 5.74. The Bertz CT molecular complexity index is 1040. The summed E-state index contributed by atoms with van der Waals surface area (Å²) in [4.78, 5) is 18.1. The predicted molar refractivity (Wildman–Crippen MR) is 117 cm³/mol. The Hall–Kier alpha value is -2.24. The number of benzene rings is 2. The van der Waals surface area contributed by atoms with Crippen molar-refractivity contribution in [3.05, 3.63) is 85.8 Å². The van der Waals surface area contributed by atoms with E-state index in [0.717, 1.165) is 46.7 Å².